The predicted octanol–water partition coefficient (Wildman–Crippen LogP) is 12.2. The van der Waals surface area contributed by atoms with Gasteiger partial charge in [0.2, 0.25) is 0 Å². The van der Waals surface area contributed by atoms with Crippen molar-refractivity contribution >= 4 is 75.6 Å². The Morgan fingerprint density at radius 3 is 2.09 bits per heavy atom. The average Bonchev–Trinajstić information content (AvgIpc) is 3.63. The van der Waals surface area contributed by atoms with Crippen molar-refractivity contribution in [2.45, 2.75) is 0 Å². The summed E-state index contributed by atoms with van der Waals surface area (Å²) in [5, 5.41) is 11.1. The van der Waals surface area contributed by atoms with Gasteiger partial charge >= 0.3 is 0 Å². The van der Waals surface area contributed by atoms with Gasteiger partial charge in [0.25, 0.3) is 0 Å². The van der Waals surface area contributed by atoms with Crippen LogP contribution in [0.15, 0.2) is 150 Å². The van der Waals surface area contributed by atoms with Crippen molar-refractivity contribution in [3.05, 3.63) is 146 Å². The van der Waals surface area contributed by atoms with E-state index in [9.17, 15) is 0 Å². The first-order chi connectivity index (χ1) is 21.3. The van der Waals surface area contributed by atoms with Crippen molar-refractivity contribution in [1.29, 1.82) is 0 Å². The average molecular weight is 568 g/mol. The van der Waals surface area contributed by atoms with Gasteiger partial charge in [-0.15, -0.1) is 11.3 Å². The van der Waals surface area contributed by atoms with E-state index in [1.807, 2.05) is 17.4 Å². The van der Waals surface area contributed by atoms with Crippen LogP contribution in [0.2, 0.25) is 0 Å². The fourth-order valence-corrected chi connectivity index (χ4v) is 7.82. The fourth-order valence-electron chi connectivity index (χ4n) is 6.43. The molecule has 2 nitrogen and oxygen atoms in total. The van der Waals surface area contributed by atoms with Crippen LogP contribution in [0.4, 0.5) is 11.4 Å². The Labute approximate surface area is 252 Å². The van der Waals surface area contributed by atoms with Crippen LogP contribution in [0.5, 0.6) is 0 Å². The molecule has 0 aliphatic rings. The van der Waals surface area contributed by atoms with Gasteiger partial charge in [0.05, 0.1) is 0 Å². The van der Waals surface area contributed by atoms with Crippen molar-refractivity contribution in [3.63, 3.8) is 0 Å². The molecule has 1 N–H and O–H groups in total. The summed E-state index contributed by atoms with van der Waals surface area (Å²) >= 11 is 1.86. The molecule has 7 aromatic carbocycles. The molecule has 2 heterocycles. The Kier molecular flexibility index (Phi) is 5.40. The molecule has 202 valence electrons. The Morgan fingerprint density at radius 1 is 0.442 bits per heavy atom. The summed E-state index contributed by atoms with van der Waals surface area (Å²) in [6.45, 7) is 0. The summed E-state index contributed by atoms with van der Waals surface area (Å²) in [7, 11) is 0. The predicted molar refractivity (Wildman–Crippen MR) is 185 cm³/mol. The number of benzene rings is 7. The standard InChI is InChI=1S/C40H25NOS/c1-2-12-30-25(8-1)9-6-14-31(30)26-18-20-28(21-19-26)41-29-11-5-10-27(24-29)32-15-7-16-33-34-22-23-37-38(40(34)43-39(32)33)35-13-3-4-17-36(35)42-37/h1-24,41H. The third-order valence-corrected chi connectivity index (χ3v) is 9.73. The van der Waals surface area contributed by atoms with Gasteiger partial charge in [-0.1, -0.05) is 103 Å². The lowest BCUT2D eigenvalue weighted by atomic mass is 9.98. The fraction of sp³-hybridized carbons (Fsp3) is 0. The van der Waals surface area contributed by atoms with Crippen LogP contribution < -0.4 is 5.32 Å². The lowest BCUT2D eigenvalue weighted by molar-refractivity contribution is 0.669. The molecular weight excluding hydrogens is 543 g/mol. The van der Waals surface area contributed by atoms with Crippen LogP contribution >= 0.6 is 11.3 Å². The Bertz CT molecular complexity index is 2480. The van der Waals surface area contributed by atoms with E-state index in [1.165, 1.54) is 64.0 Å². The molecule has 0 unspecified atom stereocenters. The maximum Gasteiger partial charge on any atom is 0.136 e. The molecule has 0 saturated heterocycles. The zero-order chi connectivity index (χ0) is 28.3. The summed E-state index contributed by atoms with van der Waals surface area (Å²) in [4.78, 5) is 0. The molecule has 0 atom stereocenters. The second kappa shape index (κ2) is 9.59. The highest BCUT2D eigenvalue weighted by atomic mass is 32.1. The summed E-state index contributed by atoms with van der Waals surface area (Å²) < 4.78 is 8.77. The molecule has 2 aromatic heterocycles. The number of hydrogen-bond acceptors (Lipinski definition) is 3. The van der Waals surface area contributed by atoms with E-state index in [0.29, 0.717) is 0 Å². The normalized spacial score (nSPS) is 11.7. The van der Waals surface area contributed by atoms with E-state index in [0.717, 1.165) is 22.5 Å². The first-order valence-corrected chi connectivity index (χ1v) is 15.3. The molecule has 3 heteroatoms. The van der Waals surface area contributed by atoms with Crippen LogP contribution in [0.3, 0.4) is 0 Å². The number of fused-ring (bicyclic) bond motifs is 8. The van der Waals surface area contributed by atoms with Gasteiger partial charge in [-0.3, -0.25) is 0 Å². The molecule has 43 heavy (non-hydrogen) atoms. The number of nitrogens with one attached hydrogen (secondary N) is 1. The molecule has 0 aliphatic carbocycles. The summed E-state index contributed by atoms with van der Waals surface area (Å²) in [5.74, 6) is 0. The van der Waals surface area contributed by atoms with E-state index in [4.69, 9.17) is 4.42 Å². The Morgan fingerprint density at radius 2 is 1.16 bits per heavy atom. The minimum absolute atomic E-state index is 0.937. The zero-order valence-corrected chi connectivity index (χ0v) is 24.0. The number of hydrogen-bond donors (Lipinski definition) is 1. The van der Waals surface area contributed by atoms with Gasteiger partial charge in [-0.2, -0.15) is 0 Å². The summed E-state index contributed by atoms with van der Waals surface area (Å²) in [6, 6.07) is 51.8. The van der Waals surface area contributed by atoms with E-state index in [1.54, 1.807) is 0 Å². The Balaban J connectivity index is 1.09. The quantitative estimate of drug-likeness (QED) is 0.229. The molecular formula is C40H25NOS. The lowest BCUT2D eigenvalue weighted by Gasteiger charge is -2.11. The van der Waals surface area contributed by atoms with Crippen molar-refractivity contribution < 1.29 is 4.42 Å². The highest BCUT2D eigenvalue weighted by molar-refractivity contribution is 7.27. The van der Waals surface area contributed by atoms with Crippen molar-refractivity contribution in [3.8, 4) is 22.3 Å². The molecule has 0 bridgehead atoms. The maximum absolute atomic E-state index is 6.19. The molecule has 0 aliphatic heterocycles. The highest BCUT2D eigenvalue weighted by Crippen LogP contribution is 2.45. The van der Waals surface area contributed by atoms with Crippen molar-refractivity contribution in [2.24, 2.45) is 0 Å². The maximum atomic E-state index is 6.19. The van der Waals surface area contributed by atoms with Crippen LogP contribution in [-0.2, 0) is 0 Å². The second-order valence-corrected chi connectivity index (χ2v) is 12.0. The van der Waals surface area contributed by atoms with Gasteiger partial charge in [0.15, 0.2) is 0 Å². The minimum atomic E-state index is 0.937. The number of para-hydroxylation sites is 1. The molecule has 0 amide bonds. The van der Waals surface area contributed by atoms with E-state index in [2.05, 4.69) is 145 Å². The van der Waals surface area contributed by atoms with Gasteiger partial charge < -0.3 is 9.73 Å². The third-order valence-electron chi connectivity index (χ3n) is 8.45. The van der Waals surface area contributed by atoms with E-state index in [-0.39, 0.29) is 0 Å². The van der Waals surface area contributed by atoms with E-state index >= 15 is 0 Å². The zero-order valence-electron chi connectivity index (χ0n) is 23.2. The molecule has 0 saturated carbocycles. The van der Waals surface area contributed by atoms with Crippen molar-refractivity contribution in [2.75, 3.05) is 5.32 Å². The van der Waals surface area contributed by atoms with Gasteiger partial charge in [0.1, 0.15) is 11.2 Å². The number of furan rings is 1. The van der Waals surface area contributed by atoms with Crippen LogP contribution in [-0.4, -0.2) is 0 Å². The number of anilines is 2. The smallest absolute Gasteiger partial charge is 0.136 e. The first kappa shape index (κ1) is 24.2. The molecule has 0 spiro atoms. The molecule has 9 aromatic rings. The van der Waals surface area contributed by atoms with Crippen LogP contribution in [0.25, 0.3) is 75.1 Å². The topological polar surface area (TPSA) is 25.2 Å². The van der Waals surface area contributed by atoms with Gasteiger partial charge in [-0.05, 0) is 75.5 Å². The van der Waals surface area contributed by atoms with Gasteiger partial charge in [0, 0.05) is 42.3 Å². The molecule has 9 rings (SSSR count). The summed E-state index contributed by atoms with van der Waals surface area (Å²) in [5.41, 5.74) is 8.92. The molecule has 0 fully saturated rings. The monoisotopic (exact) mass is 567 g/mol. The Hall–Kier alpha value is -5.38. The lowest BCUT2D eigenvalue weighted by Crippen LogP contribution is -1.91. The first-order valence-electron chi connectivity index (χ1n) is 14.5. The highest BCUT2D eigenvalue weighted by Gasteiger charge is 2.16. The van der Waals surface area contributed by atoms with Crippen LogP contribution in [0, 0.1) is 0 Å². The van der Waals surface area contributed by atoms with Gasteiger partial charge in [-0.25, -0.2) is 0 Å². The second-order valence-electron chi connectivity index (χ2n) is 11.0. The summed E-state index contributed by atoms with van der Waals surface area (Å²) in [6.07, 6.45) is 0. The minimum Gasteiger partial charge on any atom is -0.456 e. The largest absolute Gasteiger partial charge is 0.456 e. The third kappa shape index (κ3) is 3.93. The number of rotatable bonds is 4. The van der Waals surface area contributed by atoms with E-state index < -0.39 is 0 Å². The molecule has 0 radical (unpaired) electrons. The van der Waals surface area contributed by atoms with Crippen molar-refractivity contribution in [1.82, 2.24) is 0 Å². The number of thiophene rings is 1. The van der Waals surface area contributed by atoms with Crippen LogP contribution in [0.1, 0.15) is 0 Å². The SMILES string of the molecule is c1cc(Nc2ccc(-c3cccc4ccccc34)cc2)cc(-c2cccc3c2sc2c3ccc3oc4ccccc4c32)c1.